The molecular weight excluding hydrogens is 767 g/mol. The third-order valence-corrected chi connectivity index (χ3v) is 12.2. The van der Waals surface area contributed by atoms with Crippen molar-refractivity contribution in [3.63, 3.8) is 0 Å². The van der Waals surface area contributed by atoms with Crippen LogP contribution >= 0.6 is 0 Å². The van der Waals surface area contributed by atoms with Crippen LogP contribution < -0.4 is 5.32 Å². The fraction of sp³-hybridized carbons (Fsp3) is 0.821. The van der Waals surface area contributed by atoms with Crippen molar-refractivity contribution >= 4 is 11.9 Å². The molecule has 0 rings (SSSR count). The Kier molecular flexibility index (Phi) is 48.1. The van der Waals surface area contributed by atoms with Gasteiger partial charge in [0.15, 0.2) is 0 Å². The van der Waals surface area contributed by atoms with Crippen molar-refractivity contribution in [3.8, 4) is 0 Å². The molecule has 0 fully saturated rings. The number of aliphatic hydroxyl groups is 2. The summed E-state index contributed by atoms with van der Waals surface area (Å²) in [5.74, 6) is -0.497. The monoisotopic (exact) mass is 870 g/mol. The van der Waals surface area contributed by atoms with Crippen LogP contribution in [0.3, 0.4) is 0 Å². The lowest BCUT2D eigenvalue weighted by atomic mass is 10.0. The van der Waals surface area contributed by atoms with Crippen LogP contribution in [0.2, 0.25) is 0 Å². The summed E-state index contributed by atoms with van der Waals surface area (Å²) in [6.07, 6.45) is 60.3. The summed E-state index contributed by atoms with van der Waals surface area (Å²) in [6.45, 7) is 6.36. The summed E-state index contributed by atoms with van der Waals surface area (Å²) >= 11 is 0. The first-order valence-electron chi connectivity index (χ1n) is 26.9. The van der Waals surface area contributed by atoms with E-state index in [2.05, 4.69) is 74.7 Å². The fourth-order valence-electron chi connectivity index (χ4n) is 8.13. The highest BCUT2D eigenvalue weighted by Crippen LogP contribution is 2.18. The van der Waals surface area contributed by atoms with Crippen LogP contribution in [0.25, 0.3) is 0 Å². The van der Waals surface area contributed by atoms with Crippen molar-refractivity contribution in [2.24, 2.45) is 0 Å². The first kappa shape index (κ1) is 59.8. The zero-order valence-corrected chi connectivity index (χ0v) is 41.3. The largest absolute Gasteiger partial charge is 0.462 e. The Labute approximate surface area is 385 Å². The summed E-state index contributed by atoms with van der Waals surface area (Å²) < 4.78 is 5.93. The number of ether oxygens (including phenoxy) is 1. The van der Waals surface area contributed by atoms with E-state index in [1.54, 1.807) is 0 Å². The third kappa shape index (κ3) is 44.4. The van der Waals surface area contributed by atoms with Crippen LogP contribution in [0, 0.1) is 0 Å². The van der Waals surface area contributed by atoms with Crippen molar-refractivity contribution in [1.82, 2.24) is 5.32 Å². The number of amides is 1. The van der Waals surface area contributed by atoms with E-state index in [0.29, 0.717) is 19.3 Å². The molecule has 362 valence electrons. The highest BCUT2D eigenvalue weighted by molar-refractivity contribution is 5.77. The van der Waals surface area contributed by atoms with Crippen LogP contribution in [0.1, 0.15) is 271 Å². The zero-order chi connectivity index (χ0) is 45.2. The van der Waals surface area contributed by atoms with Crippen LogP contribution in [0.4, 0.5) is 0 Å². The predicted molar refractivity (Wildman–Crippen MR) is 269 cm³/mol. The average molecular weight is 870 g/mol. The van der Waals surface area contributed by atoms with Crippen LogP contribution in [0.15, 0.2) is 48.6 Å². The number of carbonyl (C=O) groups excluding carboxylic acids is 2. The van der Waals surface area contributed by atoms with Gasteiger partial charge in [0.25, 0.3) is 0 Å². The molecule has 0 radical (unpaired) electrons. The number of esters is 1. The maximum absolute atomic E-state index is 13.2. The molecule has 6 nitrogen and oxygen atoms in total. The molecule has 0 aromatic rings. The minimum atomic E-state index is -0.794. The molecule has 0 spiro atoms. The van der Waals surface area contributed by atoms with E-state index in [1.807, 2.05) is 0 Å². The highest BCUT2D eigenvalue weighted by atomic mass is 16.5. The molecule has 3 unspecified atom stereocenters. The Morgan fingerprint density at radius 1 is 0.484 bits per heavy atom. The van der Waals surface area contributed by atoms with E-state index in [9.17, 15) is 19.8 Å². The predicted octanol–water partition coefficient (Wildman–Crippen LogP) is 16.2. The van der Waals surface area contributed by atoms with E-state index < -0.39 is 18.2 Å². The Balaban J connectivity index is 4.56. The molecule has 0 aliphatic heterocycles. The second kappa shape index (κ2) is 49.8. The summed E-state index contributed by atoms with van der Waals surface area (Å²) in [6, 6.07) is -0.709. The van der Waals surface area contributed by atoms with Crippen LogP contribution in [0.5, 0.6) is 0 Å². The first-order chi connectivity index (χ1) is 30.5. The highest BCUT2D eigenvalue weighted by Gasteiger charge is 2.24. The van der Waals surface area contributed by atoms with E-state index in [-0.39, 0.29) is 24.9 Å². The minimum absolute atomic E-state index is 0.0615. The molecule has 0 aromatic heterocycles. The van der Waals surface area contributed by atoms with Crippen molar-refractivity contribution < 1.29 is 24.5 Å². The summed E-state index contributed by atoms with van der Waals surface area (Å²) in [5, 5.41) is 23.8. The van der Waals surface area contributed by atoms with Crippen molar-refractivity contribution in [2.45, 2.75) is 289 Å². The number of carbonyl (C=O) groups is 2. The Morgan fingerprint density at radius 2 is 0.887 bits per heavy atom. The number of rotatable bonds is 48. The lowest BCUT2D eigenvalue weighted by Gasteiger charge is -2.24. The summed E-state index contributed by atoms with van der Waals surface area (Å²) in [7, 11) is 0. The van der Waals surface area contributed by atoms with Gasteiger partial charge in [0, 0.05) is 6.42 Å². The van der Waals surface area contributed by atoms with Crippen molar-refractivity contribution in [2.75, 3.05) is 6.61 Å². The van der Waals surface area contributed by atoms with E-state index in [4.69, 9.17) is 4.74 Å². The lowest BCUT2D eigenvalue weighted by molar-refractivity contribution is -0.151. The van der Waals surface area contributed by atoms with Gasteiger partial charge in [-0.05, 0) is 70.6 Å². The lowest BCUT2D eigenvalue weighted by Crippen LogP contribution is -2.46. The van der Waals surface area contributed by atoms with Crippen molar-refractivity contribution in [1.29, 1.82) is 0 Å². The molecule has 0 saturated carbocycles. The third-order valence-electron chi connectivity index (χ3n) is 12.2. The maximum atomic E-state index is 13.2. The molecule has 1 amide bonds. The van der Waals surface area contributed by atoms with E-state index in [1.165, 1.54) is 135 Å². The normalized spacial score (nSPS) is 13.6. The summed E-state index contributed by atoms with van der Waals surface area (Å²) in [4.78, 5) is 26.2. The molecule has 0 saturated heterocycles. The number of allylic oxidation sites excluding steroid dienone is 8. The quantitative estimate of drug-likeness (QED) is 0.0245. The Hall–Kier alpha value is -2.18. The molecule has 62 heavy (non-hydrogen) atoms. The molecular formula is C56H103NO5. The number of hydrogen-bond acceptors (Lipinski definition) is 5. The zero-order valence-electron chi connectivity index (χ0n) is 41.3. The SMILES string of the molecule is CC/C=C/C=C/C=C/CCCCCCCC(CC(=O)NC(CO)C(O)CCCCCCCCCCCCCC)OC(=O)CCCCCCC/C=C/CCCCCCCCCCC. The molecule has 0 bridgehead atoms. The van der Waals surface area contributed by atoms with Gasteiger partial charge in [-0.1, -0.05) is 236 Å². The number of unbranched alkanes of at least 4 members (excludes halogenated alkanes) is 30. The smallest absolute Gasteiger partial charge is 0.306 e. The van der Waals surface area contributed by atoms with Gasteiger partial charge in [0.05, 0.1) is 25.2 Å². The van der Waals surface area contributed by atoms with E-state index in [0.717, 1.165) is 89.9 Å². The minimum Gasteiger partial charge on any atom is -0.462 e. The van der Waals surface area contributed by atoms with Crippen LogP contribution in [-0.2, 0) is 14.3 Å². The van der Waals surface area contributed by atoms with Gasteiger partial charge < -0.3 is 20.3 Å². The standard InChI is InChI=1S/C56H103NO5/c1-4-7-10-13-16-19-22-25-26-27-28-29-31-34-37-40-43-46-49-56(61)62-52(47-44-41-38-35-32-30-23-20-17-14-11-8-5-2)50-55(60)57-53(51-58)54(59)48-45-42-39-36-33-24-21-18-15-12-9-6-3/h8,11,14,17,20,23,28-29,52-54,58-59H,4-7,9-10,12-13,15-16,18-19,21-22,24-27,30-51H2,1-3H3,(H,57,60)/b11-8+,17-14+,23-20+,29-28+. The van der Waals surface area contributed by atoms with Gasteiger partial charge in [0.1, 0.15) is 6.10 Å². The Morgan fingerprint density at radius 3 is 1.35 bits per heavy atom. The number of aliphatic hydroxyl groups excluding tert-OH is 2. The molecule has 3 atom stereocenters. The van der Waals surface area contributed by atoms with Gasteiger partial charge >= 0.3 is 5.97 Å². The van der Waals surface area contributed by atoms with Gasteiger partial charge in [-0.2, -0.15) is 0 Å². The molecule has 0 heterocycles. The maximum Gasteiger partial charge on any atom is 0.306 e. The average Bonchev–Trinajstić information content (AvgIpc) is 3.26. The molecule has 6 heteroatoms. The van der Waals surface area contributed by atoms with Crippen LogP contribution in [-0.4, -0.2) is 46.9 Å². The van der Waals surface area contributed by atoms with Gasteiger partial charge in [-0.3, -0.25) is 9.59 Å². The van der Waals surface area contributed by atoms with Crippen molar-refractivity contribution in [3.05, 3.63) is 48.6 Å². The number of hydrogen-bond donors (Lipinski definition) is 3. The fourth-order valence-corrected chi connectivity index (χ4v) is 8.13. The first-order valence-corrected chi connectivity index (χ1v) is 26.9. The molecule has 0 aliphatic rings. The second-order valence-corrected chi connectivity index (χ2v) is 18.3. The number of nitrogens with one attached hydrogen (secondary N) is 1. The second-order valence-electron chi connectivity index (χ2n) is 18.3. The van der Waals surface area contributed by atoms with Gasteiger partial charge in [-0.15, -0.1) is 0 Å². The van der Waals surface area contributed by atoms with E-state index >= 15 is 0 Å². The van der Waals surface area contributed by atoms with Gasteiger partial charge in [-0.25, -0.2) is 0 Å². The molecule has 0 aromatic carbocycles. The molecule has 3 N–H and O–H groups in total. The molecule has 0 aliphatic carbocycles. The Bertz CT molecular complexity index is 1070. The van der Waals surface area contributed by atoms with Gasteiger partial charge in [0.2, 0.25) is 5.91 Å². The summed E-state index contributed by atoms with van der Waals surface area (Å²) in [5.41, 5.74) is 0. The topological polar surface area (TPSA) is 95.9 Å².